The van der Waals surface area contributed by atoms with E-state index in [-0.39, 0.29) is 5.41 Å². The van der Waals surface area contributed by atoms with E-state index < -0.39 is 0 Å². The zero-order valence-electron chi connectivity index (χ0n) is 12.0. The molecule has 4 saturated carbocycles. The zero-order chi connectivity index (χ0) is 14.0. The fourth-order valence-corrected chi connectivity index (χ4v) is 5.80. The van der Waals surface area contributed by atoms with Crippen LogP contribution in [0.5, 0.6) is 0 Å². The average Bonchev–Trinajstić information content (AvgIpc) is 2.88. The minimum absolute atomic E-state index is 0.286. The average molecular weight is 278 g/mol. The van der Waals surface area contributed by atoms with E-state index in [1.807, 2.05) is 10.7 Å². The Bertz CT molecular complexity index is 731. The van der Waals surface area contributed by atoms with E-state index in [1.165, 1.54) is 44.2 Å². The Morgan fingerprint density at radius 3 is 2.43 bits per heavy atom. The summed E-state index contributed by atoms with van der Waals surface area (Å²) < 4.78 is 1.95. The van der Waals surface area contributed by atoms with Gasteiger partial charge in [0, 0.05) is 11.6 Å². The summed E-state index contributed by atoms with van der Waals surface area (Å²) >= 11 is 0. The van der Waals surface area contributed by atoms with Crippen LogP contribution in [-0.2, 0) is 5.41 Å². The second-order valence-electron chi connectivity index (χ2n) is 7.43. The third kappa shape index (κ3) is 1.49. The summed E-state index contributed by atoms with van der Waals surface area (Å²) in [4.78, 5) is 4.38. The van der Waals surface area contributed by atoms with Gasteiger partial charge in [0.05, 0.1) is 11.9 Å². The quantitative estimate of drug-likeness (QED) is 0.805. The molecule has 0 atom stereocenters. The summed E-state index contributed by atoms with van der Waals surface area (Å²) in [7, 11) is 0. The monoisotopic (exact) mass is 278 g/mol. The summed E-state index contributed by atoms with van der Waals surface area (Å²) in [5.41, 5.74) is 2.90. The van der Waals surface area contributed by atoms with Gasteiger partial charge in [0.25, 0.3) is 0 Å². The Hall–Kier alpha value is -1.89. The summed E-state index contributed by atoms with van der Waals surface area (Å²) in [5.74, 6) is 2.72. The highest BCUT2D eigenvalue weighted by atomic mass is 15.3. The van der Waals surface area contributed by atoms with Crippen LogP contribution < -0.4 is 0 Å². The number of rotatable bonds is 1. The van der Waals surface area contributed by atoms with E-state index in [4.69, 9.17) is 0 Å². The molecule has 0 saturated heterocycles. The van der Waals surface area contributed by atoms with Gasteiger partial charge < -0.3 is 0 Å². The Kier molecular flexibility index (Phi) is 2.15. The van der Waals surface area contributed by atoms with Crippen LogP contribution >= 0.6 is 0 Å². The Labute approximate surface area is 123 Å². The van der Waals surface area contributed by atoms with E-state index in [9.17, 15) is 5.26 Å². The number of aromatic nitrogens is 3. The molecular weight excluding hydrogens is 260 g/mol. The van der Waals surface area contributed by atoms with Crippen molar-refractivity contribution in [2.45, 2.75) is 43.9 Å². The van der Waals surface area contributed by atoms with Gasteiger partial charge in [-0.15, -0.1) is 0 Å². The van der Waals surface area contributed by atoms with Crippen molar-refractivity contribution in [3.63, 3.8) is 0 Å². The second-order valence-corrected chi connectivity index (χ2v) is 7.43. The van der Waals surface area contributed by atoms with Gasteiger partial charge in [0.2, 0.25) is 0 Å². The molecule has 0 amide bonds. The van der Waals surface area contributed by atoms with Crippen LogP contribution in [0.3, 0.4) is 0 Å². The Balaban J connectivity index is 1.71. The molecule has 0 unspecified atom stereocenters. The van der Waals surface area contributed by atoms with Gasteiger partial charge in [-0.05, 0) is 62.3 Å². The summed E-state index contributed by atoms with van der Waals surface area (Å²) in [6, 6.07) is 4.35. The molecule has 21 heavy (non-hydrogen) atoms. The molecule has 4 nitrogen and oxygen atoms in total. The van der Waals surface area contributed by atoms with Crippen molar-refractivity contribution in [1.82, 2.24) is 14.6 Å². The lowest BCUT2D eigenvalue weighted by Gasteiger charge is -2.56. The molecule has 4 aliphatic carbocycles. The number of hydrogen-bond acceptors (Lipinski definition) is 3. The van der Waals surface area contributed by atoms with Crippen LogP contribution in [0.2, 0.25) is 0 Å². The lowest BCUT2D eigenvalue weighted by Crippen LogP contribution is -2.49. The van der Waals surface area contributed by atoms with Crippen molar-refractivity contribution in [1.29, 1.82) is 5.26 Å². The standard InChI is InChI=1S/C17H18N4/c18-9-14-10-20-21-15(1-2-19-16(14)21)17-6-11-3-12(7-17)5-13(4-11)8-17/h1-2,10-13H,3-8H2. The lowest BCUT2D eigenvalue weighted by molar-refractivity contribution is -0.00820. The first kappa shape index (κ1) is 11.7. The minimum atomic E-state index is 0.286. The van der Waals surface area contributed by atoms with Crippen molar-refractivity contribution in [3.8, 4) is 6.07 Å². The molecule has 106 valence electrons. The number of nitriles is 1. The number of nitrogens with zero attached hydrogens (tertiary/aromatic N) is 4. The molecule has 4 fully saturated rings. The van der Waals surface area contributed by atoms with Crippen LogP contribution in [0, 0.1) is 29.1 Å². The molecule has 0 radical (unpaired) electrons. The van der Waals surface area contributed by atoms with Gasteiger partial charge in [-0.25, -0.2) is 9.50 Å². The highest BCUT2D eigenvalue weighted by Crippen LogP contribution is 2.60. The molecule has 0 spiro atoms. The van der Waals surface area contributed by atoms with Crippen molar-refractivity contribution < 1.29 is 0 Å². The maximum absolute atomic E-state index is 9.21. The largest absolute Gasteiger partial charge is 0.236 e. The van der Waals surface area contributed by atoms with Crippen LogP contribution in [0.4, 0.5) is 0 Å². The fourth-order valence-electron chi connectivity index (χ4n) is 5.80. The van der Waals surface area contributed by atoms with Crippen molar-refractivity contribution in [2.24, 2.45) is 17.8 Å². The molecule has 4 bridgehead atoms. The Morgan fingerprint density at radius 1 is 1.14 bits per heavy atom. The van der Waals surface area contributed by atoms with Crippen LogP contribution in [0.25, 0.3) is 5.65 Å². The SMILES string of the molecule is N#Cc1cnn2c(C34CC5CC(CC(C5)C3)C4)ccnc12. The number of hydrogen-bond donors (Lipinski definition) is 0. The third-order valence-corrected chi connectivity index (χ3v) is 6.10. The van der Waals surface area contributed by atoms with Gasteiger partial charge in [0.1, 0.15) is 11.6 Å². The molecule has 4 heteroatoms. The third-order valence-electron chi connectivity index (χ3n) is 6.10. The molecule has 0 aliphatic heterocycles. The highest BCUT2D eigenvalue weighted by Gasteiger charge is 2.52. The zero-order valence-corrected chi connectivity index (χ0v) is 12.0. The van der Waals surface area contributed by atoms with E-state index >= 15 is 0 Å². The van der Waals surface area contributed by atoms with Crippen molar-refractivity contribution in [2.75, 3.05) is 0 Å². The first-order valence-electron chi connectivity index (χ1n) is 8.01. The van der Waals surface area contributed by atoms with Crippen molar-refractivity contribution >= 4 is 5.65 Å². The van der Waals surface area contributed by atoms with E-state index in [2.05, 4.69) is 22.2 Å². The molecule has 0 N–H and O–H groups in total. The normalized spacial score (nSPS) is 37.0. The molecule has 0 aromatic carbocycles. The molecule has 6 rings (SSSR count). The van der Waals surface area contributed by atoms with Gasteiger partial charge >= 0.3 is 0 Å². The second kappa shape index (κ2) is 3.85. The van der Waals surface area contributed by atoms with Gasteiger partial charge in [-0.1, -0.05) is 0 Å². The van der Waals surface area contributed by atoms with Gasteiger partial charge in [-0.2, -0.15) is 10.4 Å². The van der Waals surface area contributed by atoms with E-state index in [0.29, 0.717) is 5.56 Å². The summed E-state index contributed by atoms with van der Waals surface area (Å²) in [5, 5.41) is 13.7. The predicted octanol–water partition coefficient (Wildman–Crippen LogP) is 3.07. The maximum Gasteiger partial charge on any atom is 0.173 e. The van der Waals surface area contributed by atoms with Gasteiger partial charge in [0.15, 0.2) is 5.65 Å². The fraction of sp³-hybridized carbons (Fsp3) is 0.588. The van der Waals surface area contributed by atoms with Gasteiger partial charge in [-0.3, -0.25) is 0 Å². The topological polar surface area (TPSA) is 54.0 Å². The van der Waals surface area contributed by atoms with E-state index in [1.54, 1.807) is 6.20 Å². The molecule has 2 aromatic rings. The first-order chi connectivity index (χ1) is 10.3. The summed E-state index contributed by atoms with van der Waals surface area (Å²) in [6.07, 6.45) is 11.8. The molecule has 2 aromatic heterocycles. The lowest BCUT2D eigenvalue weighted by atomic mass is 9.49. The first-order valence-corrected chi connectivity index (χ1v) is 8.01. The van der Waals surface area contributed by atoms with Crippen LogP contribution in [-0.4, -0.2) is 14.6 Å². The smallest absolute Gasteiger partial charge is 0.173 e. The molecular formula is C17H18N4. The highest BCUT2D eigenvalue weighted by molar-refractivity contribution is 5.54. The Morgan fingerprint density at radius 2 is 1.81 bits per heavy atom. The number of fused-ring (bicyclic) bond motifs is 1. The van der Waals surface area contributed by atoms with E-state index in [0.717, 1.165) is 23.4 Å². The van der Waals surface area contributed by atoms with Crippen molar-refractivity contribution in [3.05, 3.63) is 29.7 Å². The minimum Gasteiger partial charge on any atom is -0.236 e. The maximum atomic E-state index is 9.21. The summed E-state index contributed by atoms with van der Waals surface area (Å²) in [6.45, 7) is 0. The predicted molar refractivity (Wildman–Crippen MR) is 77.6 cm³/mol. The van der Waals surface area contributed by atoms with Crippen LogP contribution in [0.1, 0.15) is 49.8 Å². The molecule has 2 heterocycles. The molecule has 4 aliphatic rings. The van der Waals surface area contributed by atoms with Crippen LogP contribution in [0.15, 0.2) is 18.5 Å².